The molecule has 3 aromatic rings. The smallest absolute Gasteiger partial charge is 0.264 e. The Hall–Kier alpha value is -2.99. The van der Waals surface area contributed by atoms with Crippen molar-refractivity contribution in [3.63, 3.8) is 0 Å². The molecule has 0 bridgehead atoms. The molecule has 0 unspecified atom stereocenters. The van der Waals surface area contributed by atoms with Gasteiger partial charge in [-0.1, -0.05) is 29.8 Å². The molecule has 0 radical (unpaired) electrons. The number of amides is 1. The van der Waals surface area contributed by atoms with Crippen LogP contribution in [-0.2, 0) is 37.8 Å². The minimum atomic E-state index is -3.84. The standard InChI is InChI=1S/C24H23ClFN3O5S2/c1-35(31,32)28(15-17-2-7-20(26)8-3-17)16-24(30)27-21-9-4-18-12-13-29(23(18)14-21)36(33,34)22-10-5-19(25)6-11-22/h2-11,14H,12-13,15-16H2,1H3,(H,27,30). The van der Waals surface area contributed by atoms with E-state index in [-0.39, 0.29) is 18.0 Å². The van der Waals surface area contributed by atoms with E-state index in [2.05, 4.69) is 5.32 Å². The number of fused-ring (bicyclic) bond motifs is 1. The molecule has 0 aliphatic carbocycles. The van der Waals surface area contributed by atoms with Crippen LogP contribution in [0.4, 0.5) is 15.8 Å². The fraction of sp³-hybridized carbons (Fsp3) is 0.208. The van der Waals surface area contributed by atoms with Crippen molar-refractivity contribution in [2.45, 2.75) is 17.9 Å². The number of carbonyl (C=O) groups excluding carboxylic acids is 1. The van der Waals surface area contributed by atoms with Crippen LogP contribution in [0.25, 0.3) is 0 Å². The number of hydrogen-bond acceptors (Lipinski definition) is 5. The lowest BCUT2D eigenvalue weighted by molar-refractivity contribution is -0.116. The molecule has 190 valence electrons. The second kappa shape index (κ2) is 10.2. The van der Waals surface area contributed by atoms with Crippen molar-refractivity contribution in [3.05, 3.63) is 88.7 Å². The molecule has 0 aromatic heterocycles. The zero-order valence-corrected chi connectivity index (χ0v) is 21.6. The maximum absolute atomic E-state index is 13.2. The van der Waals surface area contributed by atoms with Crippen LogP contribution in [0.15, 0.2) is 71.6 Å². The van der Waals surface area contributed by atoms with Gasteiger partial charge in [0.15, 0.2) is 0 Å². The number of anilines is 2. The predicted octanol–water partition coefficient (Wildman–Crippen LogP) is 3.63. The van der Waals surface area contributed by atoms with E-state index in [1.54, 1.807) is 18.2 Å². The number of carbonyl (C=O) groups is 1. The SMILES string of the molecule is CS(=O)(=O)N(CC(=O)Nc1ccc2c(c1)N(S(=O)(=O)c1ccc(Cl)cc1)CC2)Cc1ccc(F)cc1. The normalized spacial score (nSPS) is 13.6. The zero-order chi connectivity index (χ0) is 26.1. The third kappa shape index (κ3) is 5.86. The molecule has 0 spiro atoms. The fourth-order valence-electron chi connectivity index (χ4n) is 3.86. The van der Waals surface area contributed by atoms with Crippen LogP contribution in [0.5, 0.6) is 0 Å². The van der Waals surface area contributed by atoms with Gasteiger partial charge in [0, 0.05) is 23.8 Å². The second-order valence-electron chi connectivity index (χ2n) is 8.33. The van der Waals surface area contributed by atoms with Gasteiger partial charge in [0.25, 0.3) is 10.0 Å². The van der Waals surface area contributed by atoms with E-state index in [1.807, 2.05) is 0 Å². The average Bonchev–Trinajstić information content (AvgIpc) is 3.24. The molecule has 1 heterocycles. The molecule has 36 heavy (non-hydrogen) atoms. The van der Waals surface area contributed by atoms with Gasteiger partial charge in [-0.3, -0.25) is 9.10 Å². The van der Waals surface area contributed by atoms with Gasteiger partial charge in [0.2, 0.25) is 15.9 Å². The Morgan fingerprint density at radius 3 is 2.33 bits per heavy atom. The number of nitrogens with one attached hydrogen (secondary N) is 1. The molecule has 12 heteroatoms. The first-order valence-corrected chi connectivity index (χ1v) is 14.5. The molecule has 1 aliphatic heterocycles. The third-order valence-corrected chi connectivity index (χ3v) is 8.96. The summed E-state index contributed by atoms with van der Waals surface area (Å²) in [6.07, 6.45) is 1.49. The van der Waals surface area contributed by atoms with E-state index in [4.69, 9.17) is 11.6 Å². The molecule has 3 aromatic carbocycles. The van der Waals surface area contributed by atoms with E-state index >= 15 is 0 Å². The van der Waals surface area contributed by atoms with Crippen molar-refractivity contribution in [3.8, 4) is 0 Å². The third-order valence-electron chi connectivity index (χ3n) is 5.68. The van der Waals surface area contributed by atoms with Crippen LogP contribution in [0, 0.1) is 5.82 Å². The van der Waals surface area contributed by atoms with Gasteiger partial charge < -0.3 is 5.32 Å². The summed E-state index contributed by atoms with van der Waals surface area (Å²) in [6.45, 7) is -0.332. The summed E-state index contributed by atoms with van der Waals surface area (Å²) < 4.78 is 66.3. The van der Waals surface area contributed by atoms with Crippen molar-refractivity contribution < 1.29 is 26.0 Å². The van der Waals surface area contributed by atoms with Gasteiger partial charge >= 0.3 is 0 Å². The Kier molecular flexibility index (Phi) is 7.37. The van der Waals surface area contributed by atoms with Gasteiger partial charge in [-0.15, -0.1) is 0 Å². The Balaban J connectivity index is 1.51. The van der Waals surface area contributed by atoms with Crippen molar-refractivity contribution in [1.82, 2.24) is 4.31 Å². The number of hydrogen-bond donors (Lipinski definition) is 1. The number of sulfonamides is 2. The van der Waals surface area contributed by atoms with Crippen LogP contribution in [0.2, 0.25) is 5.02 Å². The van der Waals surface area contributed by atoms with E-state index in [1.165, 1.54) is 52.8 Å². The lowest BCUT2D eigenvalue weighted by Crippen LogP contribution is -2.37. The van der Waals surface area contributed by atoms with Crippen LogP contribution in [0.1, 0.15) is 11.1 Å². The van der Waals surface area contributed by atoms with Crippen LogP contribution < -0.4 is 9.62 Å². The Morgan fingerprint density at radius 1 is 1.03 bits per heavy atom. The van der Waals surface area contributed by atoms with Gasteiger partial charge in [-0.2, -0.15) is 4.31 Å². The largest absolute Gasteiger partial charge is 0.325 e. The first-order chi connectivity index (χ1) is 16.9. The Morgan fingerprint density at radius 2 is 1.69 bits per heavy atom. The highest BCUT2D eigenvalue weighted by molar-refractivity contribution is 7.92. The molecule has 0 saturated heterocycles. The molecular formula is C24H23ClFN3O5S2. The highest BCUT2D eigenvalue weighted by atomic mass is 35.5. The Bertz CT molecular complexity index is 1500. The average molecular weight is 552 g/mol. The maximum Gasteiger partial charge on any atom is 0.264 e. The number of benzene rings is 3. The topological polar surface area (TPSA) is 104 Å². The summed E-state index contributed by atoms with van der Waals surface area (Å²) in [5, 5.41) is 3.06. The van der Waals surface area contributed by atoms with Crippen LogP contribution in [-0.4, -0.2) is 46.4 Å². The zero-order valence-electron chi connectivity index (χ0n) is 19.2. The molecule has 4 rings (SSSR count). The molecule has 0 atom stereocenters. The summed E-state index contributed by atoms with van der Waals surface area (Å²) in [4.78, 5) is 12.8. The number of rotatable bonds is 8. The molecule has 1 aliphatic rings. The van der Waals surface area contributed by atoms with Crippen molar-refractivity contribution in [2.75, 3.05) is 29.0 Å². The van der Waals surface area contributed by atoms with E-state index in [0.29, 0.717) is 28.4 Å². The fourth-order valence-corrected chi connectivity index (χ4v) is 6.21. The minimum Gasteiger partial charge on any atom is -0.325 e. The molecule has 0 saturated carbocycles. The summed E-state index contributed by atoms with van der Waals surface area (Å²) in [7, 11) is -7.59. The number of halogens is 2. The first-order valence-electron chi connectivity index (χ1n) is 10.8. The van der Waals surface area contributed by atoms with Gasteiger partial charge in [-0.25, -0.2) is 21.2 Å². The minimum absolute atomic E-state index is 0.0961. The van der Waals surface area contributed by atoms with Crippen molar-refractivity contribution in [1.29, 1.82) is 0 Å². The van der Waals surface area contributed by atoms with Crippen LogP contribution in [0.3, 0.4) is 0 Å². The number of nitrogens with zero attached hydrogens (tertiary/aromatic N) is 2. The van der Waals surface area contributed by atoms with Gasteiger partial charge in [0.1, 0.15) is 5.82 Å². The lowest BCUT2D eigenvalue weighted by atomic mass is 10.1. The summed E-state index contributed by atoms with van der Waals surface area (Å²) in [5.74, 6) is -1.06. The van der Waals surface area contributed by atoms with Crippen LogP contribution >= 0.6 is 11.6 Å². The summed E-state index contributed by atoms with van der Waals surface area (Å²) in [5.41, 5.74) is 2.09. The first kappa shape index (κ1) is 26.1. The quantitative estimate of drug-likeness (QED) is 0.460. The lowest BCUT2D eigenvalue weighted by Gasteiger charge is -2.21. The van der Waals surface area contributed by atoms with E-state index in [0.717, 1.165) is 16.1 Å². The molecule has 1 amide bonds. The van der Waals surface area contributed by atoms with E-state index < -0.39 is 38.3 Å². The molecule has 0 fully saturated rings. The summed E-state index contributed by atoms with van der Waals surface area (Å²) in [6, 6.07) is 16.1. The van der Waals surface area contributed by atoms with Gasteiger partial charge in [-0.05, 0) is 66.1 Å². The highest BCUT2D eigenvalue weighted by Gasteiger charge is 2.31. The predicted molar refractivity (Wildman–Crippen MR) is 136 cm³/mol. The maximum atomic E-state index is 13.2. The van der Waals surface area contributed by atoms with Crippen molar-refractivity contribution >= 4 is 48.9 Å². The highest BCUT2D eigenvalue weighted by Crippen LogP contribution is 2.35. The molecule has 1 N–H and O–H groups in total. The Labute approximate surface area is 214 Å². The summed E-state index contributed by atoms with van der Waals surface area (Å²) >= 11 is 5.88. The van der Waals surface area contributed by atoms with Gasteiger partial charge in [0.05, 0.1) is 23.4 Å². The second-order valence-corrected chi connectivity index (χ2v) is 12.6. The molecule has 8 nitrogen and oxygen atoms in total. The monoisotopic (exact) mass is 551 g/mol. The van der Waals surface area contributed by atoms with Crippen molar-refractivity contribution in [2.24, 2.45) is 0 Å². The van der Waals surface area contributed by atoms with E-state index in [9.17, 15) is 26.0 Å². The molecular weight excluding hydrogens is 529 g/mol.